The molecule has 0 radical (unpaired) electrons. The normalized spacial score (nSPS) is 12.4. The van der Waals surface area contributed by atoms with Crippen molar-refractivity contribution in [1.82, 2.24) is 4.98 Å². The molecule has 0 atom stereocenters. The van der Waals surface area contributed by atoms with Crippen molar-refractivity contribution >= 4 is 29.0 Å². The predicted molar refractivity (Wildman–Crippen MR) is 91.0 cm³/mol. The van der Waals surface area contributed by atoms with Crippen LogP contribution in [0.2, 0.25) is 0 Å². The fourth-order valence-corrected chi connectivity index (χ4v) is 3.27. The van der Waals surface area contributed by atoms with Gasteiger partial charge < -0.3 is 4.74 Å². The molecular weight excluding hydrogens is 354 g/mol. The molecule has 1 aromatic heterocycles. The smallest absolute Gasteiger partial charge is 0.185 e. The van der Waals surface area contributed by atoms with E-state index in [2.05, 4.69) is 4.98 Å². The number of thiazole rings is 1. The topological polar surface area (TPSA) is 45.9 Å². The maximum absolute atomic E-state index is 13.9. The van der Waals surface area contributed by atoms with Gasteiger partial charge in [-0.05, 0) is 31.1 Å². The zero-order valence-corrected chi connectivity index (χ0v) is 14.8. The lowest BCUT2D eigenvalue weighted by Gasteiger charge is -2.06. The zero-order valence-electron chi connectivity index (χ0n) is 13.2. The summed E-state index contributed by atoms with van der Waals surface area (Å²) in [6.45, 7) is 4.05. The van der Waals surface area contributed by atoms with E-state index in [0.717, 1.165) is 40.6 Å². The van der Waals surface area contributed by atoms with E-state index in [0.29, 0.717) is 5.01 Å². The number of allylic oxidation sites excluding steroid dienone is 1. The van der Waals surface area contributed by atoms with Crippen molar-refractivity contribution in [3.8, 4) is 11.8 Å². The standard InChI is InChI=1S/C15H9ClF2N2OS.C2H6/c16-8-1-4-13-11(5-8)20-14(22-13)7-21-12-3-2-10(17)9(6-19)15(12)18;1-2/h2-3,5H,1,4,7H2;1-2H3. The molecule has 0 spiro atoms. The van der Waals surface area contributed by atoms with E-state index in [4.69, 9.17) is 21.6 Å². The van der Waals surface area contributed by atoms with Crippen LogP contribution in [0.25, 0.3) is 6.08 Å². The second-order valence-corrected chi connectivity index (χ2v) is 6.30. The van der Waals surface area contributed by atoms with E-state index >= 15 is 0 Å². The van der Waals surface area contributed by atoms with Gasteiger partial charge in [-0.25, -0.2) is 13.8 Å². The number of nitriles is 1. The Labute approximate surface area is 148 Å². The van der Waals surface area contributed by atoms with Crippen LogP contribution in [0, 0.1) is 23.0 Å². The van der Waals surface area contributed by atoms with Gasteiger partial charge in [0, 0.05) is 9.91 Å². The van der Waals surface area contributed by atoms with Crippen LogP contribution in [-0.2, 0) is 13.0 Å². The zero-order chi connectivity index (χ0) is 17.7. The molecule has 7 heteroatoms. The first-order chi connectivity index (χ1) is 11.6. The molecule has 0 unspecified atom stereocenters. The van der Waals surface area contributed by atoms with E-state index in [1.165, 1.54) is 17.4 Å². The first-order valence-corrected chi connectivity index (χ1v) is 8.63. The second kappa shape index (κ2) is 8.22. The van der Waals surface area contributed by atoms with Crippen molar-refractivity contribution in [2.24, 2.45) is 0 Å². The fraction of sp³-hybridized carbons (Fsp3) is 0.294. The van der Waals surface area contributed by atoms with Gasteiger partial charge in [0.25, 0.3) is 0 Å². The summed E-state index contributed by atoms with van der Waals surface area (Å²) in [6, 6.07) is 3.65. The summed E-state index contributed by atoms with van der Waals surface area (Å²) in [5.74, 6) is -2.07. The third-order valence-corrected chi connectivity index (χ3v) is 4.58. The van der Waals surface area contributed by atoms with Crippen molar-refractivity contribution in [3.05, 3.63) is 49.9 Å². The van der Waals surface area contributed by atoms with Crippen LogP contribution in [0.1, 0.15) is 41.4 Å². The maximum atomic E-state index is 13.9. The molecule has 0 saturated heterocycles. The Hall–Kier alpha value is -1.97. The number of rotatable bonds is 3. The Bertz CT molecular complexity index is 812. The molecular formula is C17H15ClF2N2OS. The number of ether oxygens (including phenoxy) is 1. The van der Waals surface area contributed by atoms with Gasteiger partial charge in [0.1, 0.15) is 29.1 Å². The van der Waals surface area contributed by atoms with Gasteiger partial charge in [0.15, 0.2) is 11.6 Å². The molecule has 126 valence electrons. The molecule has 0 aliphatic heterocycles. The highest BCUT2D eigenvalue weighted by atomic mass is 35.5. The summed E-state index contributed by atoms with van der Waals surface area (Å²) < 4.78 is 32.4. The average molecular weight is 369 g/mol. The molecule has 1 aromatic carbocycles. The maximum Gasteiger partial charge on any atom is 0.185 e. The lowest BCUT2D eigenvalue weighted by atomic mass is 10.1. The minimum absolute atomic E-state index is 0.0521. The minimum atomic E-state index is -0.994. The van der Waals surface area contributed by atoms with Crippen molar-refractivity contribution in [1.29, 1.82) is 5.26 Å². The molecule has 2 aromatic rings. The van der Waals surface area contributed by atoms with Gasteiger partial charge in [0.2, 0.25) is 0 Å². The molecule has 0 saturated carbocycles. The van der Waals surface area contributed by atoms with E-state index in [-0.39, 0.29) is 12.4 Å². The molecule has 1 aliphatic carbocycles. The van der Waals surface area contributed by atoms with Crippen molar-refractivity contribution in [2.75, 3.05) is 0 Å². The third kappa shape index (κ3) is 3.92. The van der Waals surface area contributed by atoms with Crippen LogP contribution >= 0.6 is 22.9 Å². The Kier molecular flexibility index (Phi) is 6.29. The summed E-state index contributed by atoms with van der Waals surface area (Å²) in [6.07, 6.45) is 3.42. The molecule has 0 bridgehead atoms. The summed E-state index contributed by atoms with van der Waals surface area (Å²) in [5.41, 5.74) is 0.169. The molecule has 3 nitrogen and oxygen atoms in total. The first-order valence-electron chi connectivity index (χ1n) is 7.44. The fourth-order valence-electron chi connectivity index (χ4n) is 2.11. The highest BCUT2D eigenvalue weighted by Gasteiger charge is 2.17. The van der Waals surface area contributed by atoms with Crippen molar-refractivity contribution in [2.45, 2.75) is 33.3 Å². The van der Waals surface area contributed by atoms with Gasteiger partial charge >= 0.3 is 0 Å². The summed E-state index contributed by atoms with van der Waals surface area (Å²) >= 11 is 7.45. The summed E-state index contributed by atoms with van der Waals surface area (Å²) in [7, 11) is 0. The number of fused-ring (bicyclic) bond motifs is 1. The number of nitrogens with zero attached hydrogens (tertiary/aromatic N) is 2. The quantitative estimate of drug-likeness (QED) is 0.726. The number of aryl methyl sites for hydroxylation is 1. The number of benzene rings is 1. The van der Waals surface area contributed by atoms with E-state index in [1.807, 2.05) is 19.9 Å². The second-order valence-electron chi connectivity index (χ2n) is 4.64. The predicted octanol–water partition coefficient (Wildman–Crippen LogP) is 5.42. The highest BCUT2D eigenvalue weighted by Crippen LogP contribution is 2.31. The van der Waals surface area contributed by atoms with Crippen LogP contribution in [0.15, 0.2) is 17.2 Å². The minimum Gasteiger partial charge on any atom is -0.483 e. The Balaban J connectivity index is 0.00000100. The summed E-state index contributed by atoms with van der Waals surface area (Å²) in [4.78, 5) is 5.49. The van der Waals surface area contributed by atoms with Gasteiger partial charge in [0.05, 0.1) is 5.69 Å². The number of aromatic nitrogens is 1. The van der Waals surface area contributed by atoms with Crippen molar-refractivity contribution < 1.29 is 13.5 Å². The van der Waals surface area contributed by atoms with E-state index in [9.17, 15) is 8.78 Å². The first kappa shape index (κ1) is 18.4. The highest BCUT2D eigenvalue weighted by molar-refractivity contribution is 7.11. The SMILES string of the molecule is CC.N#Cc1c(F)ccc(OCc2nc3c(s2)CCC(Cl)=C3)c1F. The average Bonchev–Trinajstić information content (AvgIpc) is 2.98. The van der Waals surface area contributed by atoms with Crippen LogP contribution in [0.5, 0.6) is 5.75 Å². The lowest BCUT2D eigenvalue weighted by molar-refractivity contribution is 0.288. The van der Waals surface area contributed by atoms with Crippen LogP contribution in [-0.4, -0.2) is 4.98 Å². The van der Waals surface area contributed by atoms with Crippen molar-refractivity contribution in [3.63, 3.8) is 0 Å². The Morgan fingerprint density at radius 2 is 2.08 bits per heavy atom. The van der Waals surface area contributed by atoms with Gasteiger partial charge in [-0.1, -0.05) is 25.4 Å². The summed E-state index contributed by atoms with van der Waals surface area (Å²) in [5, 5.41) is 10.2. The van der Waals surface area contributed by atoms with Crippen LogP contribution in [0.4, 0.5) is 8.78 Å². The van der Waals surface area contributed by atoms with Gasteiger partial charge in [-0.2, -0.15) is 5.26 Å². The molecule has 1 aliphatic rings. The largest absolute Gasteiger partial charge is 0.483 e. The molecule has 24 heavy (non-hydrogen) atoms. The molecule has 3 rings (SSSR count). The van der Waals surface area contributed by atoms with E-state index < -0.39 is 17.2 Å². The van der Waals surface area contributed by atoms with Crippen LogP contribution < -0.4 is 4.74 Å². The third-order valence-electron chi connectivity index (χ3n) is 3.17. The Morgan fingerprint density at radius 1 is 1.33 bits per heavy atom. The molecule has 0 fully saturated rings. The van der Waals surface area contributed by atoms with E-state index in [1.54, 1.807) is 0 Å². The lowest BCUT2D eigenvalue weighted by Crippen LogP contribution is -2.00. The molecule has 1 heterocycles. The molecule has 0 amide bonds. The monoisotopic (exact) mass is 368 g/mol. The number of hydrogen-bond donors (Lipinski definition) is 0. The number of hydrogen-bond acceptors (Lipinski definition) is 4. The van der Waals surface area contributed by atoms with Crippen LogP contribution in [0.3, 0.4) is 0 Å². The molecule has 0 N–H and O–H groups in total. The van der Waals surface area contributed by atoms with Gasteiger partial charge in [-0.15, -0.1) is 11.3 Å². The number of halogens is 3. The Morgan fingerprint density at radius 3 is 2.79 bits per heavy atom. The van der Waals surface area contributed by atoms with Gasteiger partial charge in [-0.3, -0.25) is 0 Å².